The summed E-state index contributed by atoms with van der Waals surface area (Å²) in [5.41, 5.74) is -0.580. The van der Waals surface area contributed by atoms with Crippen LogP contribution in [0.25, 0.3) is 0 Å². The molecule has 21 heavy (non-hydrogen) atoms. The number of sulfone groups is 1. The molecule has 0 atom stereocenters. The smallest absolute Gasteiger partial charge is 0.309 e. The number of carbonyl (C=O) groups is 2. The van der Waals surface area contributed by atoms with Crippen LogP contribution in [-0.4, -0.2) is 38.2 Å². The monoisotopic (exact) mass is 313 g/mol. The molecule has 1 rings (SSSR count). The molecule has 0 aliphatic carbocycles. The largest absolute Gasteiger partial charge is 0.481 e. The van der Waals surface area contributed by atoms with Gasteiger partial charge in [0, 0.05) is 18.4 Å². The molecule has 0 heterocycles. The van der Waals surface area contributed by atoms with Crippen LogP contribution >= 0.6 is 0 Å². The van der Waals surface area contributed by atoms with E-state index in [1.165, 1.54) is 24.3 Å². The molecule has 0 saturated heterocycles. The van der Waals surface area contributed by atoms with Crippen molar-refractivity contribution in [3.8, 4) is 0 Å². The number of hydrogen-bond donors (Lipinski definition) is 2. The second-order valence-corrected chi connectivity index (χ2v) is 7.51. The highest BCUT2D eigenvalue weighted by Crippen LogP contribution is 2.19. The minimum Gasteiger partial charge on any atom is -0.481 e. The van der Waals surface area contributed by atoms with Crippen LogP contribution in [0.15, 0.2) is 29.2 Å². The first-order valence-corrected chi connectivity index (χ1v) is 8.25. The van der Waals surface area contributed by atoms with Gasteiger partial charge >= 0.3 is 5.97 Å². The molecular formula is C14H19NO5S. The lowest BCUT2D eigenvalue weighted by atomic mass is 9.90. The predicted octanol–water partition coefficient (Wildman–Crippen LogP) is 1.32. The van der Waals surface area contributed by atoms with E-state index in [4.69, 9.17) is 5.11 Å². The van der Waals surface area contributed by atoms with Crippen molar-refractivity contribution in [1.29, 1.82) is 0 Å². The van der Waals surface area contributed by atoms with Crippen LogP contribution in [-0.2, 0) is 14.6 Å². The molecule has 2 N–H and O–H groups in total. The molecule has 0 radical (unpaired) electrons. The van der Waals surface area contributed by atoms with Gasteiger partial charge in [-0.25, -0.2) is 8.42 Å². The highest BCUT2D eigenvalue weighted by atomic mass is 32.2. The zero-order chi connectivity index (χ0) is 16.3. The molecule has 0 aliphatic rings. The Morgan fingerprint density at radius 3 is 2.14 bits per heavy atom. The maximum atomic E-state index is 11.9. The lowest BCUT2D eigenvalue weighted by Crippen LogP contribution is -2.31. The Kier molecular flexibility index (Phi) is 5.11. The van der Waals surface area contributed by atoms with Crippen LogP contribution < -0.4 is 5.32 Å². The van der Waals surface area contributed by atoms with Gasteiger partial charge in [0.1, 0.15) is 0 Å². The Morgan fingerprint density at radius 2 is 1.71 bits per heavy atom. The molecule has 0 aromatic heterocycles. The Labute approximate surface area is 124 Å². The highest BCUT2D eigenvalue weighted by molar-refractivity contribution is 7.90. The maximum absolute atomic E-state index is 11.9. The normalized spacial score (nSPS) is 12.0. The van der Waals surface area contributed by atoms with E-state index in [0.717, 1.165) is 6.26 Å². The fraction of sp³-hybridized carbons (Fsp3) is 0.429. The van der Waals surface area contributed by atoms with Gasteiger partial charge in [0.05, 0.1) is 10.3 Å². The fourth-order valence-corrected chi connectivity index (χ4v) is 2.18. The number of rotatable bonds is 6. The lowest BCUT2D eigenvalue weighted by molar-refractivity contribution is -0.147. The van der Waals surface area contributed by atoms with Crippen molar-refractivity contribution in [2.24, 2.45) is 5.41 Å². The van der Waals surface area contributed by atoms with Crippen LogP contribution in [0.1, 0.15) is 30.6 Å². The van der Waals surface area contributed by atoms with Crippen molar-refractivity contribution < 1.29 is 23.1 Å². The Morgan fingerprint density at radius 1 is 1.19 bits per heavy atom. The summed E-state index contributed by atoms with van der Waals surface area (Å²) in [6.45, 7) is 3.40. The molecule has 0 aliphatic heterocycles. The fourth-order valence-electron chi connectivity index (χ4n) is 1.55. The molecule has 6 nitrogen and oxygen atoms in total. The van der Waals surface area contributed by atoms with Crippen LogP contribution in [0.2, 0.25) is 0 Å². The number of carboxylic acids is 1. The molecule has 1 amide bonds. The summed E-state index contributed by atoms with van der Waals surface area (Å²) >= 11 is 0. The van der Waals surface area contributed by atoms with Crippen molar-refractivity contribution in [3.63, 3.8) is 0 Å². The van der Waals surface area contributed by atoms with Gasteiger partial charge in [0.2, 0.25) is 0 Å². The number of hydrogen-bond acceptors (Lipinski definition) is 4. The molecule has 7 heteroatoms. The molecule has 116 valence electrons. The highest BCUT2D eigenvalue weighted by Gasteiger charge is 2.26. The van der Waals surface area contributed by atoms with Gasteiger partial charge in [-0.15, -0.1) is 0 Å². The third-order valence-electron chi connectivity index (χ3n) is 3.16. The van der Waals surface area contributed by atoms with E-state index in [1.54, 1.807) is 13.8 Å². The van der Waals surface area contributed by atoms with E-state index in [2.05, 4.69) is 5.32 Å². The minimum atomic E-state index is -3.29. The molecule has 0 saturated carbocycles. The number of nitrogens with one attached hydrogen (secondary N) is 1. The summed E-state index contributed by atoms with van der Waals surface area (Å²) < 4.78 is 22.6. The zero-order valence-corrected chi connectivity index (χ0v) is 13.0. The molecular weight excluding hydrogens is 294 g/mol. The standard InChI is InChI=1S/C14H19NO5S/c1-14(2,13(17)18)8-9-15-12(16)10-4-6-11(7-5-10)21(3,19)20/h4-7H,8-9H2,1-3H3,(H,15,16)(H,17,18). The van der Waals surface area contributed by atoms with E-state index >= 15 is 0 Å². The first kappa shape index (κ1) is 17.2. The predicted molar refractivity (Wildman–Crippen MR) is 77.9 cm³/mol. The zero-order valence-electron chi connectivity index (χ0n) is 12.2. The summed E-state index contributed by atoms with van der Waals surface area (Å²) in [5, 5.41) is 11.6. The average molecular weight is 313 g/mol. The minimum absolute atomic E-state index is 0.145. The summed E-state index contributed by atoms with van der Waals surface area (Å²) in [6, 6.07) is 5.58. The Hall–Kier alpha value is -1.89. The van der Waals surface area contributed by atoms with Gasteiger partial charge < -0.3 is 10.4 Å². The van der Waals surface area contributed by atoms with E-state index in [-0.39, 0.29) is 17.3 Å². The molecule has 0 fully saturated rings. The van der Waals surface area contributed by atoms with Crippen molar-refractivity contribution in [2.75, 3.05) is 12.8 Å². The molecule has 0 unspecified atom stereocenters. The van der Waals surface area contributed by atoms with E-state index in [9.17, 15) is 18.0 Å². The first-order valence-electron chi connectivity index (χ1n) is 6.36. The number of amides is 1. The molecule has 0 spiro atoms. The second-order valence-electron chi connectivity index (χ2n) is 5.49. The number of benzene rings is 1. The molecule has 1 aromatic carbocycles. The van der Waals surface area contributed by atoms with Crippen molar-refractivity contribution in [3.05, 3.63) is 29.8 Å². The van der Waals surface area contributed by atoms with Gasteiger partial charge in [0.15, 0.2) is 9.84 Å². The maximum Gasteiger partial charge on any atom is 0.309 e. The average Bonchev–Trinajstić information content (AvgIpc) is 2.37. The summed E-state index contributed by atoms with van der Waals surface area (Å²) in [4.78, 5) is 22.9. The van der Waals surface area contributed by atoms with Crippen molar-refractivity contribution >= 4 is 21.7 Å². The van der Waals surface area contributed by atoms with Gasteiger partial charge in [-0.3, -0.25) is 9.59 Å². The van der Waals surface area contributed by atoms with Crippen LogP contribution in [0.3, 0.4) is 0 Å². The van der Waals surface area contributed by atoms with E-state index in [0.29, 0.717) is 12.0 Å². The second kappa shape index (κ2) is 6.26. The van der Waals surface area contributed by atoms with Crippen LogP contribution in [0.4, 0.5) is 0 Å². The van der Waals surface area contributed by atoms with Gasteiger partial charge in [0.25, 0.3) is 5.91 Å². The third-order valence-corrected chi connectivity index (χ3v) is 4.29. The van der Waals surface area contributed by atoms with Crippen molar-refractivity contribution in [2.45, 2.75) is 25.2 Å². The van der Waals surface area contributed by atoms with Crippen LogP contribution in [0, 0.1) is 5.41 Å². The Bertz CT molecular complexity index is 632. The van der Waals surface area contributed by atoms with Gasteiger partial charge in [-0.1, -0.05) is 0 Å². The summed E-state index contributed by atoms with van der Waals surface area (Å²) in [6.07, 6.45) is 1.39. The van der Waals surface area contributed by atoms with Gasteiger partial charge in [-0.05, 0) is 44.5 Å². The van der Waals surface area contributed by atoms with E-state index < -0.39 is 21.2 Å². The summed E-state index contributed by atoms with van der Waals surface area (Å²) in [7, 11) is -3.29. The number of carbonyl (C=O) groups excluding carboxylic acids is 1. The topological polar surface area (TPSA) is 101 Å². The number of carboxylic acid groups (broad SMARTS) is 1. The molecule has 1 aromatic rings. The first-order chi connectivity index (χ1) is 9.54. The quantitative estimate of drug-likeness (QED) is 0.825. The third kappa shape index (κ3) is 4.86. The van der Waals surface area contributed by atoms with E-state index in [1.807, 2.05) is 0 Å². The number of aliphatic carboxylic acids is 1. The molecule has 0 bridgehead atoms. The lowest BCUT2D eigenvalue weighted by Gasteiger charge is -2.18. The van der Waals surface area contributed by atoms with Crippen molar-refractivity contribution in [1.82, 2.24) is 5.32 Å². The SMILES string of the molecule is CC(C)(CCNC(=O)c1ccc(S(C)(=O)=O)cc1)C(=O)O. The van der Waals surface area contributed by atoms with Gasteiger partial charge in [-0.2, -0.15) is 0 Å². The van der Waals surface area contributed by atoms with Crippen LogP contribution in [0.5, 0.6) is 0 Å². The Balaban J connectivity index is 2.63. The summed E-state index contributed by atoms with van der Waals surface area (Å²) in [5.74, 6) is -1.29.